The van der Waals surface area contributed by atoms with E-state index in [-0.39, 0.29) is 11.9 Å². The number of hydrogen-bond acceptors (Lipinski definition) is 2. The summed E-state index contributed by atoms with van der Waals surface area (Å²) in [6.07, 6.45) is 5.21. The molecular weight excluding hydrogens is 350 g/mol. The van der Waals surface area contributed by atoms with Crippen LogP contribution in [-0.2, 0) is 4.79 Å². The monoisotopic (exact) mass is 369 g/mol. The first-order valence-corrected chi connectivity index (χ1v) is 8.89. The van der Waals surface area contributed by atoms with Gasteiger partial charge in [-0.1, -0.05) is 35.9 Å². The van der Waals surface area contributed by atoms with Gasteiger partial charge < -0.3 is 15.5 Å². The van der Waals surface area contributed by atoms with Crippen LogP contribution in [0.5, 0.6) is 0 Å². The summed E-state index contributed by atoms with van der Waals surface area (Å²) in [5, 5.41) is 6.32. The Bertz CT molecular complexity index is 812. The van der Waals surface area contributed by atoms with Crippen LogP contribution < -0.4 is 10.6 Å². The molecule has 1 aliphatic rings. The number of carbonyl (C=O) groups is 2. The number of anilines is 2. The van der Waals surface area contributed by atoms with E-state index in [2.05, 4.69) is 10.6 Å². The van der Waals surface area contributed by atoms with Gasteiger partial charge in [-0.15, -0.1) is 0 Å². The van der Waals surface area contributed by atoms with Crippen molar-refractivity contribution in [3.05, 3.63) is 65.2 Å². The molecule has 0 bridgehead atoms. The zero-order valence-electron chi connectivity index (χ0n) is 14.2. The molecule has 1 fully saturated rings. The normalized spacial score (nSPS) is 13.8. The summed E-state index contributed by atoms with van der Waals surface area (Å²) in [6.45, 7) is 1.54. The standard InChI is InChI=1S/C20H20ClN3O2/c21-16-10-7-15(8-11-16)9-12-19(25)22-17-5-1-2-6-18(17)23-20(26)24-13-3-4-14-24/h1-2,5-12H,3-4,13-14H2,(H,22,25)(H,23,26). The first kappa shape index (κ1) is 18.0. The summed E-state index contributed by atoms with van der Waals surface area (Å²) in [6, 6.07) is 14.2. The number of amides is 3. The van der Waals surface area contributed by atoms with Gasteiger partial charge in [-0.2, -0.15) is 0 Å². The Morgan fingerprint density at radius 1 is 0.923 bits per heavy atom. The first-order valence-electron chi connectivity index (χ1n) is 8.51. The van der Waals surface area contributed by atoms with Crippen LogP contribution in [0.3, 0.4) is 0 Å². The van der Waals surface area contributed by atoms with E-state index in [9.17, 15) is 9.59 Å². The number of urea groups is 1. The number of rotatable bonds is 4. The average molecular weight is 370 g/mol. The zero-order valence-corrected chi connectivity index (χ0v) is 15.0. The van der Waals surface area contributed by atoms with Crippen molar-refractivity contribution in [1.29, 1.82) is 0 Å². The Labute approximate surface area is 157 Å². The van der Waals surface area contributed by atoms with Crippen LogP contribution in [0.25, 0.3) is 6.08 Å². The lowest BCUT2D eigenvalue weighted by atomic mass is 10.2. The van der Waals surface area contributed by atoms with E-state index in [1.54, 1.807) is 35.2 Å². The van der Waals surface area contributed by atoms with E-state index >= 15 is 0 Å². The Balaban J connectivity index is 1.64. The quantitative estimate of drug-likeness (QED) is 0.772. The molecule has 1 heterocycles. The van der Waals surface area contributed by atoms with E-state index in [0.717, 1.165) is 31.5 Å². The lowest BCUT2D eigenvalue weighted by Gasteiger charge is -2.18. The number of carbonyl (C=O) groups excluding carboxylic acids is 2. The molecule has 0 spiro atoms. The predicted octanol–water partition coefficient (Wildman–Crippen LogP) is 4.62. The fraction of sp³-hybridized carbons (Fsp3) is 0.200. The molecular formula is C20H20ClN3O2. The second kappa shape index (κ2) is 8.54. The van der Waals surface area contributed by atoms with Crippen molar-refractivity contribution in [2.24, 2.45) is 0 Å². The third-order valence-corrected chi connectivity index (χ3v) is 4.37. The molecule has 1 aliphatic heterocycles. The molecule has 0 radical (unpaired) electrons. The highest BCUT2D eigenvalue weighted by Crippen LogP contribution is 2.22. The van der Waals surface area contributed by atoms with Gasteiger partial charge in [-0.05, 0) is 48.7 Å². The van der Waals surface area contributed by atoms with Gasteiger partial charge >= 0.3 is 6.03 Å². The van der Waals surface area contributed by atoms with Crippen LogP contribution >= 0.6 is 11.6 Å². The van der Waals surface area contributed by atoms with Gasteiger partial charge in [-0.3, -0.25) is 4.79 Å². The van der Waals surface area contributed by atoms with Crippen molar-refractivity contribution in [3.63, 3.8) is 0 Å². The molecule has 2 aromatic carbocycles. The number of benzene rings is 2. The maximum absolute atomic E-state index is 12.3. The van der Waals surface area contributed by atoms with Gasteiger partial charge in [0.25, 0.3) is 0 Å². The number of likely N-dealkylation sites (tertiary alicyclic amines) is 1. The summed E-state index contributed by atoms with van der Waals surface area (Å²) in [7, 11) is 0. The maximum Gasteiger partial charge on any atom is 0.321 e. The van der Waals surface area contributed by atoms with Crippen LogP contribution in [-0.4, -0.2) is 29.9 Å². The van der Waals surface area contributed by atoms with E-state index in [1.807, 2.05) is 24.3 Å². The van der Waals surface area contributed by atoms with Crippen LogP contribution in [0.4, 0.5) is 16.2 Å². The van der Waals surface area contributed by atoms with Gasteiger partial charge in [0, 0.05) is 24.2 Å². The molecule has 0 atom stereocenters. The van der Waals surface area contributed by atoms with Crippen molar-refractivity contribution >= 4 is 41.0 Å². The Kier molecular flexibility index (Phi) is 5.92. The topological polar surface area (TPSA) is 61.4 Å². The van der Waals surface area contributed by atoms with Crippen molar-refractivity contribution < 1.29 is 9.59 Å². The molecule has 0 aliphatic carbocycles. The van der Waals surface area contributed by atoms with Gasteiger partial charge in [-0.25, -0.2) is 4.79 Å². The van der Waals surface area contributed by atoms with Gasteiger partial charge in [0.1, 0.15) is 0 Å². The predicted molar refractivity (Wildman–Crippen MR) is 105 cm³/mol. The van der Waals surface area contributed by atoms with Gasteiger partial charge in [0.2, 0.25) is 5.91 Å². The molecule has 0 aromatic heterocycles. The number of nitrogens with zero attached hydrogens (tertiary/aromatic N) is 1. The Morgan fingerprint density at radius 2 is 1.54 bits per heavy atom. The maximum atomic E-state index is 12.3. The van der Waals surface area contributed by atoms with Crippen molar-refractivity contribution in [2.75, 3.05) is 23.7 Å². The molecule has 2 N–H and O–H groups in total. The van der Waals surface area contributed by atoms with Crippen molar-refractivity contribution in [2.45, 2.75) is 12.8 Å². The minimum atomic E-state index is -0.275. The average Bonchev–Trinajstić information content (AvgIpc) is 3.18. The SMILES string of the molecule is O=C(C=Cc1ccc(Cl)cc1)Nc1ccccc1NC(=O)N1CCCC1. The van der Waals surface area contributed by atoms with E-state index < -0.39 is 0 Å². The summed E-state index contributed by atoms with van der Waals surface area (Å²) >= 11 is 5.85. The lowest BCUT2D eigenvalue weighted by molar-refractivity contribution is -0.111. The fourth-order valence-corrected chi connectivity index (χ4v) is 2.86. The minimum absolute atomic E-state index is 0.138. The smallest absolute Gasteiger partial charge is 0.321 e. The van der Waals surface area contributed by atoms with Crippen molar-refractivity contribution in [1.82, 2.24) is 4.90 Å². The molecule has 1 saturated heterocycles. The molecule has 5 nitrogen and oxygen atoms in total. The summed E-state index contributed by atoms with van der Waals surface area (Å²) < 4.78 is 0. The van der Waals surface area contributed by atoms with Crippen LogP contribution in [0.1, 0.15) is 18.4 Å². The Morgan fingerprint density at radius 3 is 2.19 bits per heavy atom. The van der Waals surface area contributed by atoms with Gasteiger partial charge in [0.05, 0.1) is 11.4 Å². The highest BCUT2D eigenvalue weighted by atomic mass is 35.5. The second-order valence-electron chi connectivity index (χ2n) is 6.04. The first-order chi connectivity index (χ1) is 12.6. The largest absolute Gasteiger partial charge is 0.325 e. The number of halogens is 1. The molecule has 0 saturated carbocycles. The Hall–Kier alpha value is -2.79. The number of para-hydroxylation sites is 2. The molecule has 26 heavy (non-hydrogen) atoms. The fourth-order valence-electron chi connectivity index (χ4n) is 2.74. The summed E-state index contributed by atoms with van der Waals surface area (Å²) in [5.74, 6) is -0.275. The highest BCUT2D eigenvalue weighted by Gasteiger charge is 2.18. The zero-order chi connectivity index (χ0) is 18.4. The lowest BCUT2D eigenvalue weighted by Crippen LogP contribution is -2.32. The molecule has 2 aromatic rings. The van der Waals surface area contributed by atoms with Crippen molar-refractivity contribution in [3.8, 4) is 0 Å². The third-order valence-electron chi connectivity index (χ3n) is 4.12. The van der Waals surface area contributed by atoms with Crippen LogP contribution in [0, 0.1) is 0 Å². The van der Waals surface area contributed by atoms with Crippen LogP contribution in [0.15, 0.2) is 54.6 Å². The van der Waals surface area contributed by atoms with E-state index in [1.165, 1.54) is 6.08 Å². The third kappa shape index (κ3) is 4.86. The van der Waals surface area contributed by atoms with Gasteiger partial charge in [0.15, 0.2) is 0 Å². The van der Waals surface area contributed by atoms with E-state index in [4.69, 9.17) is 11.6 Å². The second-order valence-corrected chi connectivity index (χ2v) is 6.48. The molecule has 134 valence electrons. The molecule has 6 heteroatoms. The number of nitrogens with one attached hydrogen (secondary N) is 2. The summed E-state index contributed by atoms with van der Waals surface area (Å²) in [4.78, 5) is 26.2. The summed E-state index contributed by atoms with van der Waals surface area (Å²) in [5.41, 5.74) is 2.02. The highest BCUT2D eigenvalue weighted by molar-refractivity contribution is 6.30. The number of hydrogen-bond donors (Lipinski definition) is 2. The minimum Gasteiger partial charge on any atom is -0.325 e. The molecule has 3 rings (SSSR count). The molecule has 0 unspecified atom stereocenters. The van der Waals surface area contributed by atoms with E-state index in [0.29, 0.717) is 16.4 Å². The van der Waals surface area contributed by atoms with Crippen LogP contribution in [0.2, 0.25) is 5.02 Å². The molecule has 3 amide bonds.